The van der Waals surface area contributed by atoms with Crippen LogP contribution in [0.25, 0.3) is 11.3 Å². The van der Waals surface area contributed by atoms with Gasteiger partial charge in [0.15, 0.2) is 5.76 Å². The Balaban J connectivity index is 1.52. The number of amides is 2. The highest BCUT2D eigenvalue weighted by Gasteiger charge is 2.22. The smallest absolute Gasteiger partial charge is 0.317 e. The van der Waals surface area contributed by atoms with Gasteiger partial charge in [-0.2, -0.15) is 0 Å². The molecule has 1 N–H and O–H groups in total. The minimum atomic E-state index is -0.0762. The summed E-state index contributed by atoms with van der Waals surface area (Å²) in [5.41, 5.74) is 1.62. The highest BCUT2D eigenvalue weighted by molar-refractivity contribution is 5.74. The standard InChI is InChI=1S/C19H27N5O2/c1-3-9-24-10-5-7-16(13-24)21-19(25)23(2)14-17-11-18(22-26-17)15-6-4-8-20-12-15/h4,6,8,11-12,16H,3,5,7,9-10,13-14H2,1-2H3,(H,21,25)/t16-/m0/s1. The second-order valence-electron chi connectivity index (χ2n) is 6.87. The topological polar surface area (TPSA) is 74.5 Å². The molecule has 7 heteroatoms. The average Bonchev–Trinajstić information content (AvgIpc) is 3.11. The number of likely N-dealkylation sites (tertiary alicyclic amines) is 1. The molecule has 1 aliphatic rings. The van der Waals surface area contributed by atoms with Crippen LogP contribution in [-0.4, -0.2) is 58.7 Å². The maximum absolute atomic E-state index is 12.5. The van der Waals surface area contributed by atoms with Crippen LogP contribution in [0.3, 0.4) is 0 Å². The number of carbonyl (C=O) groups excluding carboxylic acids is 1. The van der Waals surface area contributed by atoms with Gasteiger partial charge in [-0.15, -0.1) is 0 Å². The Morgan fingerprint density at radius 2 is 2.38 bits per heavy atom. The van der Waals surface area contributed by atoms with Crippen molar-refractivity contribution in [1.29, 1.82) is 0 Å². The van der Waals surface area contributed by atoms with Gasteiger partial charge in [-0.05, 0) is 44.5 Å². The van der Waals surface area contributed by atoms with Crippen LogP contribution in [-0.2, 0) is 6.54 Å². The van der Waals surface area contributed by atoms with Crippen LogP contribution < -0.4 is 5.32 Å². The van der Waals surface area contributed by atoms with E-state index in [1.54, 1.807) is 24.3 Å². The molecule has 0 aliphatic carbocycles. The number of hydrogen-bond acceptors (Lipinski definition) is 5. The number of rotatable bonds is 6. The van der Waals surface area contributed by atoms with Gasteiger partial charge in [0.25, 0.3) is 0 Å². The number of urea groups is 1. The van der Waals surface area contributed by atoms with Gasteiger partial charge in [0.1, 0.15) is 5.69 Å². The molecule has 0 radical (unpaired) electrons. The number of carbonyl (C=O) groups is 1. The molecule has 140 valence electrons. The molecule has 0 saturated carbocycles. The highest BCUT2D eigenvalue weighted by atomic mass is 16.5. The molecule has 7 nitrogen and oxygen atoms in total. The summed E-state index contributed by atoms with van der Waals surface area (Å²) in [6.07, 6.45) is 6.77. The third-order valence-corrected chi connectivity index (χ3v) is 4.63. The fourth-order valence-corrected chi connectivity index (χ4v) is 3.32. The molecule has 26 heavy (non-hydrogen) atoms. The van der Waals surface area contributed by atoms with Gasteiger partial charge in [0, 0.05) is 43.7 Å². The predicted octanol–water partition coefficient (Wildman–Crippen LogP) is 2.75. The van der Waals surface area contributed by atoms with Crippen LogP contribution >= 0.6 is 0 Å². The number of nitrogens with one attached hydrogen (secondary N) is 1. The first kappa shape index (κ1) is 18.4. The van der Waals surface area contributed by atoms with Gasteiger partial charge in [-0.25, -0.2) is 4.79 Å². The van der Waals surface area contributed by atoms with Gasteiger partial charge in [0.05, 0.1) is 6.54 Å². The molecular weight excluding hydrogens is 330 g/mol. The molecule has 2 amide bonds. The zero-order valence-corrected chi connectivity index (χ0v) is 15.5. The molecule has 0 unspecified atom stereocenters. The predicted molar refractivity (Wildman–Crippen MR) is 99.5 cm³/mol. The SMILES string of the molecule is CCCN1CCC[C@H](NC(=O)N(C)Cc2cc(-c3cccnc3)no2)C1. The molecule has 3 heterocycles. The summed E-state index contributed by atoms with van der Waals surface area (Å²) in [5.74, 6) is 0.651. The van der Waals surface area contributed by atoms with Crippen molar-refractivity contribution in [3.63, 3.8) is 0 Å². The Labute approximate surface area is 154 Å². The van der Waals surface area contributed by atoms with E-state index in [0.717, 1.165) is 50.2 Å². The van der Waals surface area contributed by atoms with Crippen LogP contribution in [0.15, 0.2) is 35.1 Å². The zero-order valence-electron chi connectivity index (χ0n) is 15.5. The van der Waals surface area contributed by atoms with E-state index in [9.17, 15) is 4.79 Å². The molecule has 0 bridgehead atoms. The second kappa shape index (κ2) is 8.80. The minimum absolute atomic E-state index is 0.0762. The largest absolute Gasteiger partial charge is 0.359 e. The van der Waals surface area contributed by atoms with Crippen molar-refractivity contribution in [2.75, 3.05) is 26.7 Å². The number of pyridine rings is 1. The van der Waals surface area contributed by atoms with E-state index >= 15 is 0 Å². The van der Waals surface area contributed by atoms with E-state index in [1.165, 1.54) is 0 Å². The fourth-order valence-electron chi connectivity index (χ4n) is 3.32. The first-order valence-electron chi connectivity index (χ1n) is 9.25. The van der Waals surface area contributed by atoms with E-state index in [2.05, 4.69) is 27.3 Å². The summed E-state index contributed by atoms with van der Waals surface area (Å²) in [6.45, 7) is 5.72. The van der Waals surface area contributed by atoms with E-state index in [1.807, 2.05) is 18.2 Å². The van der Waals surface area contributed by atoms with Crippen molar-refractivity contribution in [3.8, 4) is 11.3 Å². The van der Waals surface area contributed by atoms with Crippen LogP contribution in [0.4, 0.5) is 4.79 Å². The summed E-state index contributed by atoms with van der Waals surface area (Å²) in [4.78, 5) is 20.6. The Hall–Kier alpha value is -2.41. The van der Waals surface area contributed by atoms with Crippen molar-refractivity contribution in [3.05, 3.63) is 36.4 Å². The third kappa shape index (κ3) is 4.82. The van der Waals surface area contributed by atoms with Crippen molar-refractivity contribution in [2.24, 2.45) is 0 Å². The number of nitrogens with zero attached hydrogens (tertiary/aromatic N) is 4. The van der Waals surface area contributed by atoms with Gasteiger partial charge >= 0.3 is 6.03 Å². The van der Waals surface area contributed by atoms with E-state index in [-0.39, 0.29) is 12.1 Å². The summed E-state index contributed by atoms with van der Waals surface area (Å²) in [7, 11) is 1.77. The van der Waals surface area contributed by atoms with E-state index < -0.39 is 0 Å². The first-order valence-corrected chi connectivity index (χ1v) is 9.25. The summed E-state index contributed by atoms with van der Waals surface area (Å²) >= 11 is 0. The summed E-state index contributed by atoms with van der Waals surface area (Å²) in [5, 5.41) is 7.20. The average molecular weight is 357 g/mol. The first-order chi connectivity index (χ1) is 12.7. The lowest BCUT2D eigenvalue weighted by molar-refractivity contribution is 0.169. The molecule has 3 rings (SSSR count). The van der Waals surface area contributed by atoms with Crippen LogP contribution in [0.2, 0.25) is 0 Å². The lowest BCUT2D eigenvalue weighted by atomic mass is 10.1. The lowest BCUT2D eigenvalue weighted by Crippen LogP contribution is -2.50. The molecule has 1 atom stereocenters. The van der Waals surface area contributed by atoms with Gasteiger partial charge in [-0.1, -0.05) is 12.1 Å². The number of hydrogen-bond donors (Lipinski definition) is 1. The minimum Gasteiger partial charge on any atom is -0.359 e. The fraction of sp³-hybridized carbons (Fsp3) is 0.526. The van der Waals surface area contributed by atoms with Gasteiger partial charge in [-0.3, -0.25) is 4.98 Å². The number of piperidine rings is 1. The van der Waals surface area contributed by atoms with Crippen LogP contribution in [0.5, 0.6) is 0 Å². The summed E-state index contributed by atoms with van der Waals surface area (Å²) < 4.78 is 5.37. The second-order valence-corrected chi connectivity index (χ2v) is 6.87. The van der Waals surface area contributed by atoms with E-state index in [4.69, 9.17) is 4.52 Å². The Morgan fingerprint density at radius 3 is 3.15 bits per heavy atom. The lowest BCUT2D eigenvalue weighted by Gasteiger charge is -2.33. The molecular formula is C19H27N5O2. The van der Waals surface area contributed by atoms with Crippen molar-refractivity contribution in [2.45, 2.75) is 38.8 Å². The van der Waals surface area contributed by atoms with Gasteiger partial charge < -0.3 is 19.6 Å². The highest BCUT2D eigenvalue weighted by Crippen LogP contribution is 2.18. The molecule has 2 aromatic heterocycles. The molecule has 0 spiro atoms. The third-order valence-electron chi connectivity index (χ3n) is 4.63. The molecule has 1 fully saturated rings. The molecule has 1 saturated heterocycles. The molecule has 0 aromatic carbocycles. The maximum Gasteiger partial charge on any atom is 0.317 e. The molecule has 2 aromatic rings. The van der Waals surface area contributed by atoms with E-state index in [0.29, 0.717) is 12.3 Å². The van der Waals surface area contributed by atoms with Crippen LogP contribution in [0.1, 0.15) is 31.9 Å². The monoisotopic (exact) mass is 357 g/mol. The number of aromatic nitrogens is 2. The Morgan fingerprint density at radius 1 is 1.50 bits per heavy atom. The Bertz CT molecular complexity index is 701. The van der Waals surface area contributed by atoms with Crippen molar-refractivity contribution in [1.82, 2.24) is 25.3 Å². The van der Waals surface area contributed by atoms with Crippen molar-refractivity contribution >= 4 is 6.03 Å². The zero-order chi connectivity index (χ0) is 18.4. The van der Waals surface area contributed by atoms with Gasteiger partial charge in [0.2, 0.25) is 0 Å². The van der Waals surface area contributed by atoms with Crippen LogP contribution in [0, 0.1) is 0 Å². The molecule has 1 aliphatic heterocycles. The Kier molecular flexibility index (Phi) is 6.22. The summed E-state index contributed by atoms with van der Waals surface area (Å²) in [6, 6.07) is 5.77. The normalized spacial score (nSPS) is 17.8. The quantitative estimate of drug-likeness (QED) is 0.860. The maximum atomic E-state index is 12.5. The van der Waals surface area contributed by atoms with Crippen molar-refractivity contribution < 1.29 is 9.32 Å².